The molecular weight excluding hydrogens is 301 g/mol. The van der Waals surface area contributed by atoms with Crippen molar-refractivity contribution >= 4 is 45.3 Å². The Kier molecular flexibility index (Phi) is 2.02. The molecule has 2 nitrogen and oxygen atoms in total. The van der Waals surface area contributed by atoms with Gasteiger partial charge in [-0.15, -0.1) is 0 Å². The van der Waals surface area contributed by atoms with Crippen LogP contribution in [0.5, 0.6) is 0 Å². The summed E-state index contributed by atoms with van der Waals surface area (Å²) in [6.07, 6.45) is 5.29. The minimum absolute atomic E-state index is 0.507. The lowest BCUT2D eigenvalue weighted by Gasteiger charge is -2.10. The second kappa shape index (κ2) is 3.27. The van der Waals surface area contributed by atoms with Gasteiger partial charge in [0, 0.05) is 26.6 Å². The zero-order chi connectivity index (χ0) is 10.4. The molecule has 0 bridgehead atoms. The number of furan rings is 1. The monoisotopic (exact) mass is 311 g/mol. The fourth-order valence-electron chi connectivity index (χ4n) is 2.01. The molecule has 0 amide bonds. The molecule has 1 aliphatic carbocycles. The van der Waals surface area contributed by atoms with Crippen LogP contribution in [0.3, 0.4) is 0 Å². The summed E-state index contributed by atoms with van der Waals surface area (Å²) in [7, 11) is 0. The normalized spacial score (nSPS) is 19.4. The number of nitrogens with two attached hydrogens (primary N) is 1. The molecule has 0 spiro atoms. The Hall–Kier alpha value is -0.970. The zero-order valence-corrected chi connectivity index (χ0v) is 10.2. The number of allylic oxidation sites excluding steroid dienone is 1. The molecule has 2 N–H and O–H groups in total. The van der Waals surface area contributed by atoms with Crippen molar-refractivity contribution in [3.63, 3.8) is 0 Å². The molecule has 15 heavy (non-hydrogen) atoms. The third-order valence-electron chi connectivity index (χ3n) is 2.71. The van der Waals surface area contributed by atoms with E-state index in [2.05, 4.69) is 40.8 Å². The highest BCUT2D eigenvalue weighted by Crippen LogP contribution is 2.41. The van der Waals surface area contributed by atoms with Gasteiger partial charge in [-0.25, -0.2) is 0 Å². The van der Waals surface area contributed by atoms with E-state index in [0.29, 0.717) is 3.92 Å². The van der Waals surface area contributed by atoms with E-state index in [-0.39, 0.29) is 0 Å². The largest absolute Gasteiger partial charge is 0.456 e. The van der Waals surface area contributed by atoms with Gasteiger partial charge in [0.2, 0.25) is 0 Å². The molecule has 0 fully saturated rings. The predicted molar refractivity (Wildman–Crippen MR) is 71.0 cm³/mol. The molecule has 1 aliphatic rings. The topological polar surface area (TPSA) is 39.2 Å². The van der Waals surface area contributed by atoms with Crippen LogP contribution in [0.4, 0.5) is 5.69 Å². The summed E-state index contributed by atoms with van der Waals surface area (Å²) in [6, 6.07) is 5.88. The maximum atomic E-state index is 5.77. The van der Waals surface area contributed by atoms with Crippen LogP contribution in [0.1, 0.15) is 21.7 Å². The van der Waals surface area contributed by atoms with E-state index >= 15 is 0 Å². The summed E-state index contributed by atoms with van der Waals surface area (Å²) < 4.78 is 6.28. The smallest absolute Gasteiger partial charge is 0.137 e. The van der Waals surface area contributed by atoms with Gasteiger partial charge in [-0.3, -0.25) is 0 Å². The van der Waals surface area contributed by atoms with E-state index in [1.54, 1.807) is 0 Å². The van der Waals surface area contributed by atoms with E-state index in [0.717, 1.165) is 23.5 Å². The highest BCUT2D eigenvalue weighted by atomic mass is 127. The van der Waals surface area contributed by atoms with E-state index in [4.69, 9.17) is 10.2 Å². The molecule has 0 aliphatic heterocycles. The van der Waals surface area contributed by atoms with Gasteiger partial charge in [0.1, 0.15) is 11.3 Å². The van der Waals surface area contributed by atoms with Crippen molar-refractivity contribution in [2.75, 3.05) is 5.73 Å². The molecule has 3 rings (SSSR count). The van der Waals surface area contributed by atoms with Crippen LogP contribution in [0.25, 0.3) is 17.0 Å². The summed E-state index contributed by atoms with van der Waals surface area (Å²) in [6.45, 7) is 0. The number of halogens is 1. The van der Waals surface area contributed by atoms with Crippen molar-refractivity contribution in [1.29, 1.82) is 0 Å². The van der Waals surface area contributed by atoms with Crippen molar-refractivity contribution in [2.24, 2.45) is 0 Å². The number of benzene rings is 1. The van der Waals surface area contributed by atoms with Gasteiger partial charge < -0.3 is 10.2 Å². The first-order chi connectivity index (χ1) is 7.25. The number of anilines is 1. The Morgan fingerprint density at radius 2 is 2.27 bits per heavy atom. The Labute approximate surface area is 101 Å². The van der Waals surface area contributed by atoms with Crippen LogP contribution in [-0.4, -0.2) is 0 Å². The molecule has 1 unspecified atom stereocenters. The summed E-state index contributed by atoms with van der Waals surface area (Å²) >= 11 is 2.46. The highest BCUT2D eigenvalue weighted by molar-refractivity contribution is 14.1. The molecule has 0 saturated carbocycles. The fourth-order valence-corrected chi connectivity index (χ4v) is 2.95. The number of hydrogen-bond donors (Lipinski definition) is 1. The molecule has 0 saturated heterocycles. The number of rotatable bonds is 0. The third kappa shape index (κ3) is 1.37. The Bertz CT molecular complexity index is 556. The molecular formula is C12H10INO. The lowest BCUT2D eigenvalue weighted by atomic mass is 10.0. The molecule has 2 aromatic rings. The Morgan fingerprint density at radius 3 is 3.13 bits per heavy atom. The Morgan fingerprint density at radius 1 is 1.40 bits per heavy atom. The van der Waals surface area contributed by atoms with Gasteiger partial charge in [-0.05, 0) is 24.6 Å². The van der Waals surface area contributed by atoms with Crippen LogP contribution in [-0.2, 0) is 0 Å². The van der Waals surface area contributed by atoms with Crippen molar-refractivity contribution in [2.45, 2.75) is 10.3 Å². The second-order valence-electron chi connectivity index (χ2n) is 3.74. The molecule has 1 aromatic heterocycles. The van der Waals surface area contributed by atoms with Gasteiger partial charge in [0.15, 0.2) is 0 Å². The molecule has 1 heterocycles. The van der Waals surface area contributed by atoms with Crippen molar-refractivity contribution < 1.29 is 4.42 Å². The molecule has 3 heteroatoms. The standard InChI is InChI=1S/C12H10INO/c13-9-2-1-3-10-12(9)8-5-4-7(14)6-11(8)15-10/h1,3-6,9H,2,14H2. The first-order valence-corrected chi connectivity index (χ1v) is 6.13. The van der Waals surface area contributed by atoms with Crippen LogP contribution in [0.2, 0.25) is 0 Å². The van der Waals surface area contributed by atoms with Gasteiger partial charge in [-0.2, -0.15) is 0 Å². The average molecular weight is 311 g/mol. The first-order valence-electron chi connectivity index (χ1n) is 4.88. The van der Waals surface area contributed by atoms with Gasteiger partial charge in [-0.1, -0.05) is 28.7 Å². The molecule has 1 aromatic carbocycles. The molecule has 1 atom stereocenters. The van der Waals surface area contributed by atoms with Gasteiger partial charge in [0.25, 0.3) is 0 Å². The van der Waals surface area contributed by atoms with E-state index in [1.807, 2.05) is 12.1 Å². The maximum Gasteiger partial charge on any atom is 0.137 e. The zero-order valence-electron chi connectivity index (χ0n) is 8.03. The lowest BCUT2D eigenvalue weighted by molar-refractivity contribution is 0.596. The van der Waals surface area contributed by atoms with Gasteiger partial charge >= 0.3 is 0 Å². The lowest BCUT2D eigenvalue weighted by Crippen LogP contribution is -1.93. The summed E-state index contributed by atoms with van der Waals surface area (Å²) in [4.78, 5) is 0. The number of hydrogen-bond acceptors (Lipinski definition) is 2. The van der Waals surface area contributed by atoms with Gasteiger partial charge in [0.05, 0.1) is 0 Å². The first kappa shape index (κ1) is 9.27. The predicted octanol–water partition coefficient (Wildman–Crippen LogP) is 3.91. The fraction of sp³-hybridized carbons (Fsp3) is 0.167. The minimum Gasteiger partial charge on any atom is -0.456 e. The third-order valence-corrected chi connectivity index (χ3v) is 3.84. The van der Waals surface area contributed by atoms with Crippen molar-refractivity contribution in [1.82, 2.24) is 0 Å². The van der Waals surface area contributed by atoms with Crippen LogP contribution in [0.15, 0.2) is 28.7 Å². The molecule has 76 valence electrons. The number of nitrogen functional groups attached to an aromatic ring is 1. The number of fused-ring (bicyclic) bond motifs is 3. The summed E-state index contributed by atoms with van der Waals surface area (Å²) in [5.74, 6) is 0.987. The van der Waals surface area contributed by atoms with E-state index in [9.17, 15) is 0 Å². The van der Waals surface area contributed by atoms with Crippen LogP contribution in [0, 0.1) is 0 Å². The second-order valence-corrected chi connectivity index (χ2v) is 5.24. The summed E-state index contributed by atoms with van der Waals surface area (Å²) in [5, 5.41) is 1.20. The molecule has 0 radical (unpaired) electrons. The highest BCUT2D eigenvalue weighted by Gasteiger charge is 2.21. The van der Waals surface area contributed by atoms with E-state index < -0.39 is 0 Å². The van der Waals surface area contributed by atoms with Crippen molar-refractivity contribution in [3.8, 4) is 0 Å². The van der Waals surface area contributed by atoms with Crippen molar-refractivity contribution in [3.05, 3.63) is 35.6 Å². The average Bonchev–Trinajstić information content (AvgIpc) is 2.56. The van der Waals surface area contributed by atoms with E-state index in [1.165, 1.54) is 10.9 Å². The number of alkyl halides is 1. The van der Waals surface area contributed by atoms with Crippen LogP contribution < -0.4 is 5.73 Å². The SMILES string of the molecule is Nc1ccc2c3c(oc2c1)C=CCC3I. The minimum atomic E-state index is 0.507. The van der Waals surface area contributed by atoms with Crippen LogP contribution >= 0.6 is 22.6 Å². The Balaban J connectivity index is 2.37. The maximum absolute atomic E-state index is 5.77. The summed E-state index contributed by atoms with van der Waals surface area (Å²) in [5.41, 5.74) is 8.70. The quantitative estimate of drug-likeness (QED) is 0.455.